The van der Waals surface area contributed by atoms with Gasteiger partial charge in [-0.25, -0.2) is 0 Å². The number of rotatable bonds is 3. The molecule has 0 bridgehead atoms. The van der Waals surface area contributed by atoms with Crippen LogP contribution in [0.3, 0.4) is 0 Å². The average molecular weight is 198 g/mol. The molecule has 0 amide bonds. The molecule has 2 nitrogen and oxygen atoms in total. The maximum Gasteiger partial charge on any atom is 0.0912 e. The minimum atomic E-state index is 1.03. The van der Waals surface area contributed by atoms with Gasteiger partial charge in [-0.2, -0.15) is 5.26 Å². The van der Waals surface area contributed by atoms with Gasteiger partial charge in [0, 0.05) is 26.4 Å². The molecular formula is C13H14N2. The van der Waals surface area contributed by atoms with Crippen LogP contribution in [0, 0.1) is 11.3 Å². The van der Waals surface area contributed by atoms with Crippen LogP contribution in [-0.2, 0) is 0 Å². The van der Waals surface area contributed by atoms with Crippen molar-refractivity contribution in [3.05, 3.63) is 54.2 Å². The fourth-order valence-corrected chi connectivity index (χ4v) is 1.25. The maximum absolute atomic E-state index is 8.52. The van der Waals surface area contributed by atoms with Gasteiger partial charge in [-0.1, -0.05) is 30.3 Å². The van der Waals surface area contributed by atoms with Gasteiger partial charge in [0.25, 0.3) is 0 Å². The molecule has 0 spiro atoms. The first-order valence-electron chi connectivity index (χ1n) is 4.74. The second-order valence-electron chi connectivity index (χ2n) is 3.38. The normalized spacial score (nSPS) is 11.4. The lowest BCUT2D eigenvalue weighted by molar-refractivity contribution is 0.566. The van der Waals surface area contributed by atoms with Crippen LogP contribution in [-0.4, -0.2) is 19.0 Å². The number of hydrogen-bond donors (Lipinski definition) is 0. The molecule has 1 aromatic carbocycles. The Hall–Kier alpha value is -2.01. The van der Waals surface area contributed by atoms with Crippen LogP contribution in [0.15, 0.2) is 48.7 Å². The molecule has 0 aromatic heterocycles. The van der Waals surface area contributed by atoms with Crippen molar-refractivity contribution in [2.24, 2.45) is 0 Å². The van der Waals surface area contributed by atoms with Crippen molar-refractivity contribution < 1.29 is 0 Å². The highest BCUT2D eigenvalue weighted by atomic mass is 15.0. The molecule has 0 N–H and O–H groups in total. The Bertz CT molecular complexity index is 394. The van der Waals surface area contributed by atoms with Gasteiger partial charge in [0.2, 0.25) is 0 Å². The lowest BCUT2D eigenvalue weighted by Crippen LogP contribution is -2.02. The van der Waals surface area contributed by atoms with E-state index in [-0.39, 0.29) is 0 Å². The number of benzene rings is 1. The Morgan fingerprint density at radius 2 is 1.93 bits per heavy atom. The molecule has 0 aliphatic carbocycles. The van der Waals surface area contributed by atoms with E-state index in [2.05, 4.69) is 0 Å². The quantitative estimate of drug-likeness (QED) is 0.551. The average Bonchev–Trinajstić information content (AvgIpc) is 2.25. The highest BCUT2D eigenvalue weighted by molar-refractivity contribution is 5.74. The van der Waals surface area contributed by atoms with Gasteiger partial charge in [-0.3, -0.25) is 0 Å². The van der Waals surface area contributed by atoms with Crippen LogP contribution in [0.1, 0.15) is 5.56 Å². The molecule has 0 aliphatic rings. The Balaban J connectivity index is 3.03. The Morgan fingerprint density at radius 1 is 1.27 bits per heavy atom. The lowest BCUT2D eigenvalue weighted by Gasteiger charge is -2.08. The lowest BCUT2D eigenvalue weighted by atomic mass is 10.1. The summed E-state index contributed by atoms with van der Waals surface area (Å²) in [5.41, 5.74) is 2.14. The van der Waals surface area contributed by atoms with Crippen molar-refractivity contribution in [1.82, 2.24) is 4.90 Å². The molecule has 0 unspecified atom stereocenters. The van der Waals surface area contributed by atoms with Crippen LogP contribution in [0.25, 0.3) is 5.57 Å². The molecule has 0 saturated heterocycles. The van der Waals surface area contributed by atoms with Gasteiger partial charge < -0.3 is 4.90 Å². The summed E-state index contributed by atoms with van der Waals surface area (Å²) in [6.07, 6.45) is 5.29. The summed E-state index contributed by atoms with van der Waals surface area (Å²) in [5, 5.41) is 8.52. The first-order chi connectivity index (χ1) is 7.24. The predicted octanol–water partition coefficient (Wildman–Crippen LogP) is 2.67. The van der Waals surface area contributed by atoms with Crippen molar-refractivity contribution in [3.8, 4) is 6.07 Å². The van der Waals surface area contributed by atoms with Crippen LogP contribution in [0.4, 0.5) is 0 Å². The van der Waals surface area contributed by atoms with E-state index in [9.17, 15) is 0 Å². The van der Waals surface area contributed by atoms with Gasteiger partial charge in [-0.05, 0) is 17.2 Å². The van der Waals surface area contributed by atoms with Crippen molar-refractivity contribution in [3.63, 3.8) is 0 Å². The zero-order valence-corrected chi connectivity index (χ0v) is 9.01. The van der Waals surface area contributed by atoms with Gasteiger partial charge in [0.15, 0.2) is 0 Å². The third-order valence-corrected chi connectivity index (χ3v) is 1.84. The maximum atomic E-state index is 8.52. The van der Waals surface area contributed by atoms with E-state index in [4.69, 9.17) is 5.26 Å². The first-order valence-corrected chi connectivity index (χ1v) is 4.74. The van der Waals surface area contributed by atoms with E-state index in [1.807, 2.05) is 67.7 Å². The van der Waals surface area contributed by atoms with E-state index in [0.717, 1.165) is 11.1 Å². The highest BCUT2D eigenvalue weighted by Gasteiger charge is 1.96. The molecule has 0 heterocycles. The third kappa shape index (κ3) is 3.70. The zero-order valence-electron chi connectivity index (χ0n) is 9.01. The van der Waals surface area contributed by atoms with Gasteiger partial charge in [-0.15, -0.1) is 0 Å². The number of nitriles is 1. The van der Waals surface area contributed by atoms with E-state index in [1.54, 1.807) is 0 Å². The molecule has 76 valence electrons. The molecule has 0 saturated carbocycles. The van der Waals surface area contributed by atoms with E-state index in [0.29, 0.717) is 0 Å². The Morgan fingerprint density at radius 3 is 2.47 bits per heavy atom. The first kappa shape index (κ1) is 11.1. The Kier molecular flexibility index (Phi) is 4.18. The predicted molar refractivity (Wildman–Crippen MR) is 62.9 cm³/mol. The monoisotopic (exact) mass is 198 g/mol. The van der Waals surface area contributed by atoms with Crippen LogP contribution >= 0.6 is 0 Å². The summed E-state index contributed by atoms with van der Waals surface area (Å²) in [6.45, 7) is 0. The van der Waals surface area contributed by atoms with Crippen molar-refractivity contribution >= 4 is 5.57 Å². The summed E-state index contributed by atoms with van der Waals surface area (Å²) < 4.78 is 0. The molecule has 0 atom stereocenters. The van der Waals surface area contributed by atoms with Gasteiger partial charge in [0.05, 0.1) is 6.07 Å². The second-order valence-corrected chi connectivity index (χ2v) is 3.38. The molecular weight excluding hydrogens is 184 g/mol. The molecule has 2 heteroatoms. The zero-order chi connectivity index (χ0) is 11.1. The van der Waals surface area contributed by atoms with Crippen molar-refractivity contribution in [2.75, 3.05) is 14.1 Å². The largest absolute Gasteiger partial charge is 0.383 e. The van der Waals surface area contributed by atoms with Gasteiger partial charge in [0.1, 0.15) is 0 Å². The Labute approximate surface area is 90.8 Å². The standard InChI is InChI=1S/C13H14N2/c1-15(2)11-13(9-6-10-14)12-7-4-3-5-8-12/h3-9,11H,1-2H3. The summed E-state index contributed by atoms with van der Waals surface area (Å²) in [6, 6.07) is 12.0. The van der Waals surface area contributed by atoms with Crippen LogP contribution in [0.2, 0.25) is 0 Å². The number of allylic oxidation sites excluding steroid dienone is 3. The fraction of sp³-hybridized carbons (Fsp3) is 0.154. The van der Waals surface area contributed by atoms with Gasteiger partial charge >= 0.3 is 0 Å². The molecule has 0 aliphatic heterocycles. The fourth-order valence-electron chi connectivity index (χ4n) is 1.25. The smallest absolute Gasteiger partial charge is 0.0912 e. The topological polar surface area (TPSA) is 27.0 Å². The van der Waals surface area contributed by atoms with Crippen molar-refractivity contribution in [2.45, 2.75) is 0 Å². The molecule has 15 heavy (non-hydrogen) atoms. The second kappa shape index (κ2) is 5.66. The number of nitrogens with zero attached hydrogens (tertiary/aromatic N) is 2. The minimum absolute atomic E-state index is 1.03. The van der Waals surface area contributed by atoms with Crippen LogP contribution in [0.5, 0.6) is 0 Å². The minimum Gasteiger partial charge on any atom is -0.383 e. The molecule has 0 radical (unpaired) electrons. The molecule has 0 fully saturated rings. The van der Waals surface area contributed by atoms with Crippen LogP contribution < -0.4 is 0 Å². The molecule has 1 rings (SSSR count). The van der Waals surface area contributed by atoms with Crippen molar-refractivity contribution in [1.29, 1.82) is 5.26 Å². The summed E-state index contributed by atoms with van der Waals surface area (Å²) in [7, 11) is 3.92. The summed E-state index contributed by atoms with van der Waals surface area (Å²) in [4.78, 5) is 1.96. The SMILES string of the molecule is CN(C)C=C(C=CC#N)c1ccccc1. The summed E-state index contributed by atoms with van der Waals surface area (Å²) in [5.74, 6) is 0. The number of hydrogen-bond acceptors (Lipinski definition) is 2. The third-order valence-electron chi connectivity index (χ3n) is 1.84. The van der Waals surface area contributed by atoms with E-state index in [1.165, 1.54) is 6.08 Å². The molecule has 1 aromatic rings. The van der Waals surface area contributed by atoms with E-state index < -0.39 is 0 Å². The summed E-state index contributed by atoms with van der Waals surface area (Å²) >= 11 is 0. The van der Waals surface area contributed by atoms with E-state index >= 15 is 0 Å². The highest BCUT2D eigenvalue weighted by Crippen LogP contribution is 2.15.